The summed E-state index contributed by atoms with van der Waals surface area (Å²) in [4.78, 5) is 11.3. The molecule has 1 fully saturated rings. The van der Waals surface area contributed by atoms with E-state index in [2.05, 4.69) is 10.1 Å². The van der Waals surface area contributed by atoms with Crippen LogP contribution in [0.5, 0.6) is 0 Å². The van der Waals surface area contributed by atoms with Gasteiger partial charge in [-0.25, -0.2) is 13.2 Å². The van der Waals surface area contributed by atoms with Crippen molar-refractivity contribution in [1.82, 2.24) is 5.32 Å². The summed E-state index contributed by atoms with van der Waals surface area (Å²) in [6.45, 7) is 2.82. The standard InChI is InChI=1S/C12H21NO4S/c1-3-10(12(14)17-2)6-7-13-9-11-5-4-8-18(11,15)16/h6,11,13H,3-5,7-9H2,1-2H3. The zero-order valence-electron chi connectivity index (χ0n) is 10.9. The van der Waals surface area contributed by atoms with E-state index < -0.39 is 9.84 Å². The van der Waals surface area contributed by atoms with E-state index in [-0.39, 0.29) is 11.2 Å². The van der Waals surface area contributed by atoms with Crippen LogP contribution in [-0.4, -0.2) is 45.6 Å². The summed E-state index contributed by atoms with van der Waals surface area (Å²) in [5, 5.41) is 2.79. The lowest BCUT2D eigenvalue weighted by molar-refractivity contribution is -0.136. The van der Waals surface area contributed by atoms with Crippen molar-refractivity contribution in [1.29, 1.82) is 0 Å². The van der Waals surface area contributed by atoms with Crippen LogP contribution < -0.4 is 5.32 Å². The van der Waals surface area contributed by atoms with E-state index in [4.69, 9.17) is 0 Å². The van der Waals surface area contributed by atoms with E-state index in [1.165, 1.54) is 7.11 Å². The number of hydrogen-bond acceptors (Lipinski definition) is 5. The summed E-state index contributed by atoms with van der Waals surface area (Å²) < 4.78 is 27.8. The predicted octanol–water partition coefficient (Wildman–Crippen LogP) is 0.663. The molecule has 0 aromatic heterocycles. The number of carbonyl (C=O) groups is 1. The molecule has 18 heavy (non-hydrogen) atoms. The molecule has 1 rings (SSSR count). The summed E-state index contributed by atoms with van der Waals surface area (Å²) in [5.74, 6) is -0.0230. The highest BCUT2D eigenvalue weighted by atomic mass is 32.2. The predicted molar refractivity (Wildman–Crippen MR) is 70.1 cm³/mol. The fourth-order valence-electron chi connectivity index (χ4n) is 2.03. The number of methoxy groups -OCH3 is 1. The molecule has 6 heteroatoms. The first-order valence-electron chi connectivity index (χ1n) is 6.21. The van der Waals surface area contributed by atoms with Crippen LogP contribution in [0.15, 0.2) is 11.6 Å². The third-order valence-corrected chi connectivity index (χ3v) is 5.43. The second-order valence-corrected chi connectivity index (χ2v) is 6.76. The average Bonchev–Trinajstić information content (AvgIpc) is 2.68. The van der Waals surface area contributed by atoms with Gasteiger partial charge in [0.05, 0.1) is 18.1 Å². The third kappa shape index (κ3) is 4.10. The maximum atomic E-state index is 11.6. The van der Waals surface area contributed by atoms with Crippen molar-refractivity contribution >= 4 is 15.8 Å². The Morgan fingerprint density at radius 1 is 1.50 bits per heavy atom. The molecule has 0 spiro atoms. The molecule has 1 N–H and O–H groups in total. The van der Waals surface area contributed by atoms with Crippen molar-refractivity contribution in [3.63, 3.8) is 0 Å². The molecule has 0 aliphatic carbocycles. The summed E-state index contributed by atoms with van der Waals surface area (Å²) in [6.07, 6.45) is 3.85. The van der Waals surface area contributed by atoms with Gasteiger partial charge in [0, 0.05) is 18.7 Å². The Morgan fingerprint density at radius 2 is 2.22 bits per heavy atom. The van der Waals surface area contributed by atoms with Gasteiger partial charge in [0.15, 0.2) is 9.84 Å². The molecule has 0 radical (unpaired) electrons. The molecule has 1 heterocycles. The quantitative estimate of drug-likeness (QED) is 0.438. The molecule has 1 unspecified atom stereocenters. The molecular weight excluding hydrogens is 254 g/mol. The second kappa shape index (κ2) is 6.89. The van der Waals surface area contributed by atoms with Crippen molar-refractivity contribution in [2.24, 2.45) is 0 Å². The normalized spacial score (nSPS) is 23.0. The number of nitrogens with one attached hydrogen (secondary N) is 1. The highest BCUT2D eigenvalue weighted by Crippen LogP contribution is 2.18. The highest BCUT2D eigenvalue weighted by Gasteiger charge is 2.30. The fourth-order valence-corrected chi connectivity index (χ4v) is 3.83. The van der Waals surface area contributed by atoms with Crippen LogP contribution in [0.4, 0.5) is 0 Å². The van der Waals surface area contributed by atoms with Gasteiger partial charge >= 0.3 is 5.97 Å². The van der Waals surface area contributed by atoms with Gasteiger partial charge in [-0.05, 0) is 19.3 Å². The van der Waals surface area contributed by atoms with Gasteiger partial charge in [0.2, 0.25) is 0 Å². The van der Waals surface area contributed by atoms with Crippen molar-refractivity contribution in [3.8, 4) is 0 Å². The number of ether oxygens (including phenoxy) is 1. The minimum atomic E-state index is -2.89. The van der Waals surface area contributed by atoms with Gasteiger partial charge in [0.25, 0.3) is 0 Å². The van der Waals surface area contributed by atoms with Gasteiger partial charge in [-0.15, -0.1) is 0 Å². The van der Waals surface area contributed by atoms with Gasteiger partial charge < -0.3 is 10.1 Å². The van der Waals surface area contributed by atoms with Crippen LogP contribution in [0, 0.1) is 0 Å². The van der Waals surface area contributed by atoms with Crippen LogP contribution in [0.1, 0.15) is 26.2 Å². The highest BCUT2D eigenvalue weighted by molar-refractivity contribution is 7.92. The molecule has 1 saturated heterocycles. The Hall–Kier alpha value is -0.880. The summed E-state index contributed by atoms with van der Waals surface area (Å²) in [7, 11) is -1.54. The molecule has 1 atom stereocenters. The Morgan fingerprint density at radius 3 is 2.72 bits per heavy atom. The van der Waals surface area contributed by atoms with Crippen LogP contribution >= 0.6 is 0 Å². The number of rotatable bonds is 6. The van der Waals surface area contributed by atoms with Gasteiger partial charge in [-0.3, -0.25) is 0 Å². The molecule has 0 bridgehead atoms. The number of esters is 1. The topological polar surface area (TPSA) is 72.5 Å². The lowest BCUT2D eigenvalue weighted by Crippen LogP contribution is -2.30. The Balaban J connectivity index is 2.38. The Labute approximate surface area is 109 Å². The molecule has 104 valence electrons. The third-order valence-electron chi connectivity index (χ3n) is 3.16. The Kier molecular flexibility index (Phi) is 5.81. The zero-order chi connectivity index (χ0) is 13.6. The number of sulfone groups is 1. The molecular formula is C12H21NO4S. The summed E-state index contributed by atoms with van der Waals surface area (Å²) in [6, 6.07) is 0. The number of hydrogen-bond donors (Lipinski definition) is 1. The van der Waals surface area contributed by atoms with Gasteiger partial charge in [-0.1, -0.05) is 13.0 Å². The zero-order valence-corrected chi connectivity index (χ0v) is 11.8. The molecule has 0 aromatic rings. The van der Waals surface area contributed by atoms with Crippen LogP contribution in [0.2, 0.25) is 0 Å². The Bertz CT molecular complexity index is 414. The molecule has 5 nitrogen and oxygen atoms in total. The molecule has 0 saturated carbocycles. The van der Waals surface area contributed by atoms with E-state index in [1.807, 2.05) is 6.92 Å². The van der Waals surface area contributed by atoms with Crippen molar-refractivity contribution in [2.45, 2.75) is 31.4 Å². The first kappa shape index (κ1) is 15.2. The van der Waals surface area contributed by atoms with E-state index in [0.29, 0.717) is 30.8 Å². The van der Waals surface area contributed by atoms with Crippen molar-refractivity contribution in [3.05, 3.63) is 11.6 Å². The minimum Gasteiger partial charge on any atom is -0.466 e. The van der Waals surface area contributed by atoms with E-state index >= 15 is 0 Å². The summed E-state index contributed by atoms with van der Waals surface area (Å²) >= 11 is 0. The van der Waals surface area contributed by atoms with Crippen LogP contribution in [0.25, 0.3) is 0 Å². The fraction of sp³-hybridized carbons (Fsp3) is 0.750. The van der Waals surface area contributed by atoms with E-state index in [9.17, 15) is 13.2 Å². The van der Waals surface area contributed by atoms with Gasteiger partial charge in [-0.2, -0.15) is 0 Å². The van der Waals surface area contributed by atoms with Crippen LogP contribution in [0.3, 0.4) is 0 Å². The largest absolute Gasteiger partial charge is 0.466 e. The summed E-state index contributed by atoms with van der Waals surface area (Å²) in [5.41, 5.74) is 0.610. The average molecular weight is 275 g/mol. The maximum absolute atomic E-state index is 11.6. The van der Waals surface area contributed by atoms with Crippen molar-refractivity contribution in [2.75, 3.05) is 26.0 Å². The minimum absolute atomic E-state index is 0.269. The molecule has 0 amide bonds. The smallest absolute Gasteiger partial charge is 0.333 e. The maximum Gasteiger partial charge on any atom is 0.333 e. The lowest BCUT2D eigenvalue weighted by atomic mass is 10.2. The SMILES string of the molecule is CCC(=CCNCC1CCCS1(=O)=O)C(=O)OC. The van der Waals surface area contributed by atoms with E-state index in [1.54, 1.807) is 6.08 Å². The van der Waals surface area contributed by atoms with E-state index in [0.717, 1.165) is 12.8 Å². The first-order chi connectivity index (χ1) is 8.51. The lowest BCUT2D eigenvalue weighted by Gasteiger charge is -2.09. The first-order valence-corrected chi connectivity index (χ1v) is 7.92. The monoisotopic (exact) mass is 275 g/mol. The number of carbonyl (C=O) groups excluding carboxylic acids is 1. The van der Waals surface area contributed by atoms with Crippen LogP contribution in [-0.2, 0) is 19.4 Å². The van der Waals surface area contributed by atoms with Crippen molar-refractivity contribution < 1.29 is 17.9 Å². The van der Waals surface area contributed by atoms with Gasteiger partial charge in [0.1, 0.15) is 0 Å². The molecule has 0 aromatic carbocycles. The molecule has 1 aliphatic heterocycles. The molecule has 1 aliphatic rings. The second-order valence-electron chi connectivity index (χ2n) is 4.36.